The second-order valence-corrected chi connectivity index (χ2v) is 6.35. The predicted octanol–water partition coefficient (Wildman–Crippen LogP) is 0.735. The fourth-order valence-corrected chi connectivity index (χ4v) is 3.34. The van der Waals surface area contributed by atoms with E-state index in [0.29, 0.717) is 0 Å². The minimum atomic E-state index is 0.762. The molecule has 0 bridgehead atoms. The summed E-state index contributed by atoms with van der Waals surface area (Å²) < 4.78 is 3.70. The minimum Gasteiger partial charge on any atom is -0.353 e. The van der Waals surface area contributed by atoms with Gasteiger partial charge in [-0.05, 0) is 13.0 Å². The van der Waals surface area contributed by atoms with Crippen LogP contribution >= 0.6 is 0 Å². The maximum atomic E-state index is 4.54. The summed E-state index contributed by atoms with van der Waals surface area (Å²) in [5.41, 5.74) is 0.798. The van der Waals surface area contributed by atoms with Crippen molar-refractivity contribution in [1.29, 1.82) is 0 Å². The van der Waals surface area contributed by atoms with E-state index in [2.05, 4.69) is 40.0 Å². The Balaban J connectivity index is 1.35. The molecule has 0 radical (unpaired) electrons. The van der Waals surface area contributed by atoms with E-state index >= 15 is 0 Å². The van der Waals surface area contributed by atoms with Gasteiger partial charge in [0.05, 0.1) is 0 Å². The van der Waals surface area contributed by atoms with Crippen molar-refractivity contribution in [3.63, 3.8) is 0 Å². The van der Waals surface area contributed by atoms with Crippen molar-refractivity contribution < 1.29 is 0 Å². The van der Waals surface area contributed by atoms with E-state index in [-0.39, 0.29) is 0 Å². The van der Waals surface area contributed by atoms with Gasteiger partial charge in [0, 0.05) is 57.0 Å². The molecule has 10 heteroatoms. The number of aromatic nitrogens is 8. The van der Waals surface area contributed by atoms with Gasteiger partial charge in [0.2, 0.25) is 5.65 Å². The monoisotopic (exact) mass is 362 g/mol. The Hall–Kier alpha value is -3.56. The summed E-state index contributed by atoms with van der Waals surface area (Å²) in [5.74, 6) is 3.40. The molecule has 1 aliphatic rings. The van der Waals surface area contributed by atoms with Crippen LogP contribution in [0.1, 0.15) is 5.82 Å². The van der Waals surface area contributed by atoms with Crippen molar-refractivity contribution in [3.8, 4) is 5.82 Å². The maximum Gasteiger partial charge on any atom is 0.203 e. The van der Waals surface area contributed by atoms with Gasteiger partial charge in [-0.15, -0.1) is 10.2 Å². The molecule has 0 aromatic carbocycles. The molecule has 10 nitrogen and oxygen atoms in total. The van der Waals surface area contributed by atoms with Crippen LogP contribution in [0.15, 0.2) is 43.2 Å². The summed E-state index contributed by atoms with van der Waals surface area (Å²) in [6.07, 6.45) is 8.88. The molecule has 4 aromatic rings. The lowest BCUT2D eigenvalue weighted by Gasteiger charge is -2.35. The molecule has 0 atom stereocenters. The number of aryl methyl sites for hydroxylation is 1. The predicted molar refractivity (Wildman–Crippen MR) is 99.1 cm³/mol. The summed E-state index contributed by atoms with van der Waals surface area (Å²) in [5, 5.41) is 12.7. The Kier molecular flexibility index (Phi) is 3.66. The van der Waals surface area contributed by atoms with Crippen LogP contribution in [0.4, 0.5) is 11.6 Å². The van der Waals surface area contributed by atoms with E-state index in [4.69, 9.17) is 0 Å². The van der Waals surface area contributed by atoms with E-state index in [1.165, 1.54) is 0 Å². The third-order valence-electron chi connectivity index (χ3n) is 4.76. The Bertz CT molecular complexity index is 1060. The van der Waals surface area contributed by atoms with Gasteiger partial charge in [-0.1, -0.05) is 0 Å². The van der Waals surface area contributed by atoms with Gasteiger partial charge in [-0.2, -0.15) is 5.10 Å². The first-order valence-electron chi connectivity index (χ1n) is 8.78. The molecule has 0 N–H and O–H groups in total. The van der Waals surface area contributed by atoms with Crippen LogP contribution in [0.2, 0.25) is 0 Å². The zero-order valence-electron chi connectivity index (χ0n) is 14.8. The average molecular weight is 362 g/mol. The standard InChI is InChI=1S/C17H18N10/c1-13-22-23-17-16(18-4-6-26(13)17)25-9-7-24(8-10-25)14-11-15(20-12-19-14)27-5-2-3-21-27/h2-6,11-12H,7-10H2,1H3. The normalized spacial score (nSPS) is 14.9. The van der Waals surface area contributed by atoms with Crippen LogP contribution in [0, 0.1) is 6.92 Å². The summed E-state index contributed by atoms with van der Waals surface area (Å²) in [6, 6.07) is 3.84. The Morgan fingerprint density at radius 2 is 1.67 bits per heavy atom. The number of anilines is 2. The van der Waals surface area contributed by atoms with E-state index in [1.54, 1.807) is 23.4 Å². The first-order chi connectivity index (χ1) is 13.3. The Labute approximate surface area is 155 Å². The zero-order chi connectivity index (χ0) is 18.2. The molecule has 27 heavy (non-hydrogen) atoms. The number of fused-ring (bicyclic) bond motifs is 1. The molecule has 4 aromatic heterocycles. The second-order valence-electron chi connectivity index (χ2n) is 6.35. The lowest BCUT2D eigenvalue weighted by molar-refractivity contribution is 0.640. The van der Waals surface area contributed by atoms with Crippen LogP contribution in [0.5, 0.6) is 0 Å². The molecule has 136 valence electrons. The molecule has 0 amide bonds. The summed E-state index contributed by atoms with van der Waals surface area (Å²) in [7, 11) is 0. The van der Waals surface area contributed by atoms with E-state index in [1.807, 2.05) is 35.9 Å². The Morgan fingerprint density at radius 3 is 2.48 bits per heavy atom. The molecule has 1 fully saturated rings. The van der Waals surface area contributed by atoms with Gasteiger partial charge < -0.3 is 9.80 Å². The van der Waals surface area contributed by atoms with E-state index in [9.17, 15) is 0 Å². The quantitative estimate of drug-likeness (QED) is 0.527. The zero-order valence-corrected chi connectivity index (χ0v) is 14.8. The molecule has 0 spiro atoms. The van der Waals surface area contributed by atoms with Crippen LogP contribution in [-0.4, -0.2) is 65.5 Å². The average Bonchev–Trinajstić information content (AvgIpc) is 3.39. The fraction of sp³-hybridized carbons (Fsp3) is 0.294. The second kappa shape index (κ2) is 6.31. The van der Waals surface area contributed by atoms with Crippen molar-refractivity contribution in [2.75, 3.05) is 36.0 Å². The lowest BCUT2D eigenvalue weighted by Crippen LogP contribution is -2.47. The van der Waals surface area contributed by atoms with Gasteiger partial charge >= 0.3 is 0 Å². The van der Waals surface area contributed by atoms with Gasteiger partial charge in [0.1, 0.15) is 18.0 Å². The SMILES string of the molecule is Cc1nnc2c(N3CCN(c4cc(-n5cccn5)ncn4)CC3)nccn12. The van der Waals surface area contributed by atoms with E-state index in [0.717, 1.165) is 55.1 Å². The van der Waals surface area contributed by atoms with Crippen LogP contribution in [0.3, 0.4) is 0 Å². The molecule has 1 aliphatic heterocycles. The lowest BCUT2D eigenvalue weighted by atomic mass is 10.3. The maximum absolute atomic E-state index is 4.54. The molecule has 0 unspecified atom stereocenters. The van der Waals surface area contributed by atoms with Crippen LogP contribution < -0.4 is 9.80 Å². The molecule has 0 saturated carbocycles. The highest BCUT2D eigenvalue weighted by Crippen LogP contribution is 2.21. The van der Waals surface area contributed by atoms with Crippen molar-refractivity contribution in [2.24, 2.45) is 0 Å². The summed E-state index contributed by atoms with van der Waals surface area (Å²) in [6.45, 7) is 5.28. The summed E-state index contributed by atoms with van der Waals surface area (Å²) >= 11 is 0. The first-order valence-corrected chi connectivity index (χ1v) is 8.78. The fourth-order valence-electron chi connectivity index (χ4n) is 3.34. The van der Waals surface area contributed by atoms with E-state index < -0.39 is 0 Å². The molecule has 5 rings (SSSR count). The van der Waals surface area contributed by atoms with Gasteiger partial charge in [-0.25, -0.2) is 19.6 Å². The molecular weight excluding hydrogens is 344 g/mol. The topological polar surface area (TPSA) is 93.2 Å². The molecule has 1 saturated heterocycles. The largest absolute Gasteiger partial charge is 0.353 e. The van der Waals surface area contributed by atoms with Gasteiger partial charge in [-0.3, -0.25) is 4.40 Å². The van der Waals surface area contributed by atoms with Crippen molar-refractivity contribution in [3.05, 3.63) is 49.1 Å². The number of rotatable bonds is 3. The number of hydrogen-bond acceptors (Lipinski definition) is 8. The summed E-state index contributed by atoms with van der Waals surface area (Å²) in [4.78, 5) is 17.8. The number of nitrogens with zero attached hydrogens (tertiary/aromatic N) is 10. The number of hydrogen-bond donors (Lipinski definition) is 0. The van der Waals surface area contributed by atoms with Crippen LogP contribution in [-0.2, 0) is 0 Å². The highest BCUT2D eigenvalue weighted by atomic mass is 15.3. The molecule has 5 heterocycles. The highest BCUT2D eigenvalue weighted by molar-refractivity contribution is 5.64. The smallest absolute Gasteiger partial charge is 0.203 e. The van der Waals surface area contributed by atoms with Gasteiger partial charge in [0.15, 0.2) is 11.6 Å². The van der Waals surface area contributed by atoms with Gasteiger partial charge in [0.25, 0.3) is 0 Å². The number of piperazine rings is 1. The molecule has 0 aliphatic carbocycles. The molecular formula is C17H18N10. The Morgan fingerprint density at radius 1 is 0.852 bits per heavy atom. The van der Waals surface area contributed by atoms with Crippen molar-refractivity contribution >= 4 is 17.3 Å². The first kappa shape index (κ1) is 15.7. The van der Waals surface area contributed by atoms with Crippen LogP contribution in [0.25, 0.3) is 11.5 Å². The third-order valence-corrected chi connectivity index (χ3v) is 4.76. The van der Waals surface area contributed by atoms with Crippen molar-refractivity contribution in [1.82, 2.24) is 39.3 Å². The van der Waals surface area contributed by atoms with Crippen molar-refractivity contribution in [2.45, 2.75) is 6.92 Å². The third kappa shape index (κ3) is 2.75. The minimum absolute atomic E-state index is 0.762. The highest BCUT2D eigenvalue weighted by Gasteiger charge is 2.22.